The molecule has 0 unspecified atom stereocenters. The highest BCUT2D eigenvalue weighted by Gasteiger charge is 2.10. The summed E-state index contributed by atoms with van der Waals surface area (Å²) in [6.07, 6.45) is 0. The van der Waals surface area contributed by atoms with Crippen LogP contribution in [0.15, 0.2) is 22.7 Å². The predicted octanol–water partition coefficient (Wildman–Crippen LogP) is 1.98. The first-order chi connectivity index (χ1) is 8.43. The largest absolute Gasteiger partial charge is 0.497 e. The van der Waals surface area contributed by atoms with E-state index in [1.165, 1.54) is 0 Å². The maximum Gasteiger partial charge on any atom is 0.236 e. The zero-order valence-electron chi connectivity index (χ0n) is 11.2. The number of methoxy groups -OCH3 is 1. The van der Waals surface area contributed by atoms with Gasteiger partial charge in [-0.2, -0.15) is 0 Å². The number of carbonyl (C=O) groups is 1. The van der Waals surface area contributed by atoms with Crippen LogP contribution in [-0.4, -0.2) is 50.5 Å². The number of benzene rings is 1. The van der Waals surface area contributed by atoms with Crippen molar-refractivity contribution in [2.24, 2.45) is 0 Å². The van der Waals surface area contributed by atoms with E-state index in [-0.39, 0.29) is 5.91 Å². The molecule has 0 radical (unpaired) electrons. The molecular weight excluding hydrogens is 296 g/mol. The van der Waals surface area contributed by atoms with Crippen molar-refractivity contribution in [3.8, 4) is 5.75 Å². The standard InChI is InChI=1S/C13H19BrN2O2/c1-15(2)13(17)9-16(3)8-10-7-11(18-4)5-6-12(10)14/h5-7H,8-9H2,1-4H3. The van der Waals surface area contributed by atoms with E-state index < -0.39 is 0 Å². The number of hydrogen-bond acceptors (Lipinski definition) is 3. The highest BCUT2D eigenvalue weighted by Crippen LogP contribution is 2.23. The summed E-state index contributed by atoms with van der Waals surface area (Å²) in [5.41, 5.74) is 1.10. The lowest BCUT2D eigenvalue weighted by Crippen LogP contribution is -2.34. The van der Waals surface area contributed by atoms with Crippen molar-refractivity contribution in [3.05, 3.63) is 28.2 Å². The van der Waals surface area contributed by atoms with Crippen LogP contribution in [0.4, 0.5) is 0 Å². The van der Waals surface area contributed by atoms with Gasteiger partial charge < -0.3 is 9.64 Å². The third-order valence-corrected chi connectivity index (χ3v) is 3.37. The highest BCUT2D eigenvalue weighted by molar-refractivity contribution is 9.10. The van der Waals surface area contributed by atoms with E-state index in [1.807, 2.05) is 30.1 Å². The van der Waals surface area contributed by atoms with Gasteiger partial charge in [0.15, 0.2) is 0 Å². The Kier molecular flexibility index (Phi) is 5.62. The van der Waals surface area contributed by atoms with Gasteiger partial charge in [0.2, 0.25) is 5.91 Å². The fraction of sp³-hybridized carbons (Fsp3) is 0.462. The van der Waals surface area contributed by atoms with Crippen LogP contribution in [0, 0.1) is 0 Å². The quantitative estimate of drug-likeness (QED) is 0.833. The van der Waals surface area contributed by atoms with E-state index in [1.54, 1.807) is 26.1 Å². The van der Waals surface area contributed by atoms with Gasteiger partial charge in [-0.05, 0) is 30.8 Å². The molecule has 0 aliphatic carbocycles. The molecule has 1 aromatic carbocycles. The summed E-state index contributed by atoms with van der Waals surface area (Å²) in [6.45, 7) is 1.09. The van der Waals surface area contributed by atoms with Gasteiger partial charge in [0, 0.05) is 25.1 Å². The molecule has 1 amide bonds. The lowest BCUT2D eigenvalue weighted by atomic mass is 10.2. The number of carbonyl (C=O) groups excluding carboxylic acids is 1. The highest BCUT2D eigenvalue weighted by atomic mass is 79.9. The van der Waals surface area contributed by atoms with Gasteiger partial charge in [-0.1, -0.05) is 15.9 Å². The molecule has 0 aliphatic rings. The van der Waals surface area contributed by atoms with E-state index in [2.05, 4.69) is 15.9 Å². The summed E-state index contributed by atoms with van der Waals surface area (Å²) in [5.74, 6) is 0.914. The van der Waals surface area contributed by atoms with Crippen LogP contribution in [0.3, 0.4) is 0 Å². The van der Waals surface area contributed by atoms with E-state index in [0.29, 0.717) is 13.1 Å². The SMILES string of the molecule is COc1ccc(Br)c(CN(C)CC(=O)N(C)C)c1. The summed E-state index contributed by atoms with van der Waals surface area (Å²) >= 11 is 3.51. The summed E-state index contributed by atoms with van der Waals surface area (Å²) in [5, 5.41) is 0. The van der Waals surface area contributed by atoms with Crippen molar-refractivity contribution >= 4 is 21.8 Å². The van der Waals surface area contributed by atoms with Crippen molar-refractivity contribution in [2.45, 2.75) is 6.54 Å². The molecule has 0 atom stereocenters. The Labute approximate surface area is 117 Å². The second-order valence-electron chi connectivity index (χ2n) is 4.42. The summed E-state index contributed by atoms with van der Waals surface area (Å²) < 4.78 is 6.22. The molecule has 0 aliphatic heterocycles. The third kappa shape index (κ3) is 4.31. The first-order valence-corrected chi connectivity index (χ1v) is 6.44. The Morgan fingerprint density at radius 3 is 2.56 bits per heavy atom. The third-order valence-electron chi connectivity index (χ3n) is 2.60. The normalized spacial score (nSPS) is 10.6. The van der Waals surface area contributed by atoms with Gasteiger partial charge in [0.25, 0.3) is 0 Å². The van der Waals surface area contributed by atoms with E-state index in [0.717, 1.165) is 15.8 Å². The molecule has 0 bridgehead atoms. The molecule has 1 aromatic rings. The van der Waals surface area contributed by atoms with Gasteiger partial charge in [0.1, 0.15) is 5.75 Å². The van der Waals surface area contributed by atoms with Crippen LogP contribution in [0.2, 0.25) is 0 Å². The number of ether oxygens (including phenoxy) is 1. The number of likely N-dealkylation sites (N-methyl/N-ethyl adjacent to an activating group) is 2. The van der Waals surface area contributed by atoms with Crippen molar-refractivity contribution in [1.29, 1.82) is 0 Å². The Morgan fingerprint density at radius 1 is 1.33 bits per heavy atom. The summed E-state index contributed by atoms with van der Waals surface area (Å²) in [4.78, 5) is 15.2. The zero-order chi connectivity index (χ0) is 13.7. The molecule has 0 fully saturated rings. The lowest BCUT2D eigenvalue weighted by Gasteiger charge is -2.19. The van der Waals surface area contributed by atoms with Crippen LogP contribution in [-0.2, 0) is 11.3 Å². The minimum absolute atomic E-state index is 0.0940. The first-order valence-electron chi connectivity index (χ1n) is 5.65. The van der Waals surface area contributed by atoms with Gasteiger partial charge in [0.05, 0.1) is 13.7 Å². The molecule has 4 nitrogen and oxygen atoms in total. The Balaban J connectivity index is 2.69. The number of halogens is 1. The minimum atomic E-state index is 0.0940. The average molecular weight is 315 g/mol. The van der Waals surface area contributed by atoms with Crippen LogP contribution in [0.1, 0.15) is 5.56 Å². The van der Waals surface area contributed by atoms with Crippen LogP contribution < -0.4 is 4.74 Å². The number of hydrogen-bond donors (Lipinski definition) is 0. The molecule has 5 heteroatoms. The van der Waals surface area contributed by atoms with Gasteiger partial charge in [-0.15, -0.1) is 0 Å². The number of nitrogens with zero attached hydrogens (tertiary/aromatic N) is 2. The molecule has 100 valence electrons. The fourth-order valence-corrected chi connectivity index (χ4v) is 1.89. The Bertz CT molecular complexity index is 421. The van der Waals surface area contributed by atoms with Gasteiger partial charge in [-0.25, -0.2) is 0 Å². The zero-order valence-corrected chi connectivity index (χ0v) is 12.8. The summed E-state index contributed by atoms with van der Waals surface area (Å²) in [6, 6.07) is 5.83. The molecule has 0 saturated heterocycles. The first kappa shape index (κ1) is 15.0. The van der Waals surface area contributed by atoms with Crippen molar-refractivity contribution in [1.82, 2.24) is 9.80 Å². The molecule has 18 heavy (non-hydrogen) atoms. The average Bonchev–Trinajstić information content (AvgIpc) is 2.31. The van der Waals surface area contributed by atoms with Crippen molar-refractivity contribution in [2.75, 3.05) is 34.8 Å². The second kappa shape index (κ2) is 6.75. The molecule has 0 saturated carbocycles. The maximum absolute atomic E-state index is 11.6. The van der Waals surface area contributed by atoms with E-state index in [9.17, 15) is 4.79 Å². The molecule has 0 heterocycles. The second-order valence-corrected chi connectivity index (χ2v) is 5.27. The van der Waals surface area contributed by atoms with Gasteiger partial charge >= 0.3 is 0 Å². The Morgan fingerprint density at radius 2 is 2.00 bits per heavy atom. The van der Waals surface area contributed by atoms with Crippen LogP contribution in [0.5, 0.6) is 5.75 Å². The minimum Gasteiger partial charge on any atom is -0.497 e. The van der Waals surface area contributed by atoms with E-state index in [4.69, 9.17) is 4.74 Å². The van der Waals surface area contributed by atoms with E-state index >= 15 is 0 Å². The van der Waals surface area contributed by atoms with Crippen molar-refractivity contribution in [3.63, 3.8) is 0 Å². The van der Waals surface area contributed by atoms with Gasteiger partial charge in [-0.3, -0.25) is 9.69 Å². The topological polar surface area (TPSA) is 32.8 Å². The summed E-state index contributed by atoms with van der Waals surface area (Å²) in [7, 11) is 7.09. The number of rotatable bonds is 5. The lowest BCUT2D eigenvalue weighted by molar-refractivity contribution is -0.129. The number of amides is 1. The van der Waals surface area contributed by atoms with Crippen LogP contribution in [0.25, 0.3) is 0 Å². The fourth-order valence-electron chi connectivity index (χ4n) is 1.52. The molecule has 0 spiro atoms. The smallest absolute Gasteiger partial charge is 0.236 e. The monoisotopic (exact) mass is 314 g/mol. The molecular formula is C13H19BrN2O2. The van der Waals surface area contributed by atoms with Crippen molar-refractivity contribution < 1.29 is 9.53 Å². The van der Waals surface area contributed by atoms with Crippen LogP contribution >= 0.6 is 15.9 Å². The molecule has 0 N–H and O–H groups in total. The molecule has 0 aromatic heterocycles. The predicted molar refractivity (Wildman–Crippen MR) is 75.7 cm³/mol. The molecule has 1 rings (SSSR count). The Hall–Kier alpha value is -1.07. The maximum atomic E-state index is 11.6.